The first-order valence-electron chi connectivity index (χ1n) is 3.42. The molecule has 0 aliphatic heterocycles. The van der Waals surface area contributed by atoms with Crippen molar-refractivity contribution in [3.05, 3.63) is 11.5 Å². The van der Waals surface area contributed by atoms with Crippen LogP contribution in [0.2, 0.25) is 0 Å². The summed E-state index contributed by atoms with van der Waals surface area (Å²) in [6.07, 6.45) is 0. The zero-order valence-corrected chi connectivity index (χ0v) is 7.39. The average molecular weight is 144 g/mol. The quantitative estimate of drug-likeness (QED) is 0.565. The molecule has 0 fully saturated rings. The Bertz CT molecular complexity index is 119. The molecule has 0 bridgehead atoms. The third-order valence-electron chi connectivity index (χ3n) is 1.56. The fourth-order valence-corrected chi connectivity index (χ4v) is 0.641. The van der Waals surface area contributed by atoms with Crippen LogP contribution in [-0.2, 0) is 9.47 Å². The minimum atomic E-state index is 0.481. The third kappa shape index (κ3) is 2.29. The monoisotopic (exact) mass is 144 g/mol. The summed E-state index contributed by atoms with van der Waals surface area (Å²) in [6, 6.07) is 0. The molecule has 0 spiro atoms. The summed E-state index contributed by atoms with van der Waals surface area (Å²) in [5.41, 5.74) is 1.14. The van der Waals surface area contributed by atoms with E-state index in [2.05, 4.69) is 13.8 Å². The summed E-state index contributed by atoms with van der Waals surface area (Å²) >= 11 is 0. The largest absolute Gasteiger partial charge is 0.469 e. The third-order valence-corrected chi connectivity index (χ3v) is 1.56. The number of ether oxygens (including phenoxy) is 2. The van der Waals surface area contributed by atoms with E-state index in [1.54, 1.807) is 14.2 Å². The molecule has 2 nitrogen and oxygen atoms in total. The summed E-state index contributed by atoms with van der Waals surface area (Å²) in [7, 11) is 3.23. The predicted octanol–water partition coefficient (Wildman–Crippen LogP) is 2.17. The smallest absolute Gasteiger partial charge is 0.277 e. The highest BCUT2D eigenvalue weighted by atomic mass is 16.7. The average Bonchev–Trinajstić information content (AvgIpc) is 1.90. The highest BCUT2D eigenvalue weighted by Gasteiger charge is 2.05. The molecule has 10 heavy (non-hydrogen) atoms. The molecule has 0 heterocycles. The van der Waals surface area contributed by atoms with Crippen LogP contribution in [0.15, 0.2) is 11.5 Å². The van der Waals surface area contributed by atoms with E-state index in [0.29, 0.717) is 11.9 Å². The van der Waals surface area contributed by atoms with Crippen molar-refractivity contribution in [3.63, 3.8) is 0 Å². The van der Waals surface area contributed by atoms with Crippen LogP contribution < -0.4 is 0 Å². The highest BCUT2D eigenvalue weighted by Crippen LogP contribution is 2.14. The Kier molecular flexibility index (Phi) is 3.93. The van der Waals surface area contributed by atoms with Crippen LogP contribution >= 0.6 is 0 Å². The van der Waals surface area contributed by atoms with E-state index in [0.717, 1.165) is 5.57 Å². The van der Waals surface area contributed by atoms with E-state index in [4.69, 9.17) is 9.47 Å². The SMILES string of the molecule is COC(OC)=C(C)C(C)C. The second-order valence-corrected chi connectivity index (χ2v) is 2.53. The topological polar surface area (TPSA) is 18.5 Å². The Labute approximate surface area is 62.8 Å². The maximum absolute atomic E-state index is 4.98. The highest BCUT2D eigenvalue weighted by molar-refractivity contribution is 5.02. The van der Waals surface area contributed by atoms with Gasteiger partial charge in [-0.15, -0.1) is 0 Å². The number of methoxy groups -OCH3 is 2. The van der Waals surface area contributed by atoms with Gasteiger partial charge in [0.25, 0.3) is 5.95 Å². The number of hydrogen-bond acceptors (Lipinski definition) is 2. The van der Waals surface area contributed by atoms with Crippen LogP contribution in [0.25, 0.3) is 0 Å². The van der Waals surface area contributed by atoms with E-state index in [-0.39, 0.29) is 0 Å². The van der Waals surface area contributed by atoms with E-state index in [9.17, 15) is 0 Å². The van der Waals surface area contributed by atoms with Crippen molar-refractivity contribution in [2.24, 2.45) is 5.92 Å². The van der Waals surface area contributed by atoms with Gasteiger partial charge in [0.05, 0.1) is 14.2 Å². The Morgan fingerprint density at radius 3 is 1.60 bits per heavy atom. The lowest BCUT2D eigenvalue weighted by Gasteiger charge is -2.10. The standard InChI is InChI=1S/C8H16O2/c1-6(2)7(3)8(9-4)10-5/h6H,1-5H3. The van der Waals surface area contributed by atoms with Gasteiger partial charge in [-0.2, -0.15) is 0 Å². The molecule has 0 N–H and O–H groups in total. The molecule has 0 saturated heterocycles. The molecule has 0 aromatic rings. The van der Waals surface area contributed by atoms with E-state index in [1.807, 2.05) is 6.92 Å². The van der Waals surface area contributed by atoms with E-state index < -0.39 is 0 Å². The van der Waals surface area contributed by atoms with Gasteiger partial charge in [-0.05, 0) is 12.8 Å². The molecule has 0 aliphatic carbocycles. The van der Waals surface area contributed by atoms with E-state index in [1.165, 1.54) is 0 Å². The molecule has 0 aromatic heterocycles. The van der Waals surface area contributed by atoms with Gasteiger partial charge in [0.2, 0.25) is 0 Å². The lowest BCUT2D eigenvalue weighted by molar-refractivity contribution is 0.0882. The van der Waals surface area contributed by atoms with Crippen LogP contribution in [0.3, 0.4) is 0 Å². The zero-order valence-electron chi connectivity index (χ0n) is 7.39. The van der Waals surface area contributed by atoms with Crippen LogP contribution in [0, 0.1) is 5.92 Å². The van der Waals surface area contributed by atoms with Crippen LogP contribution in [0.5, 0.6) is 0 Å². The van der Waals surface area contributed by atoms with Crippen molar-refractivity contribution in [2.75, 3.05) is 14.2 Å². The summed E-state index contributed by atoms with van der Waals surface area (Å²) in [5, 5.41) is 0. The molecule has 0 unspecified atom stereocenters. The molecule has 60 valence electrons. The minimum absolute atomic E-state index is 0.481. The number of hydrogen-bond donors (Lipinski definition) is 0. The van der Waals surface area contributed by atoms with Crippen LogP contribution in [0.1, 0.15) is 20.8 Å². The number of allylic oxidation sites excluding steroid dienone is 1. The Morgan fingerprint density at radius 2 is 1.50 bits per heavy atom. The fourth-order valence-electron chi connectivity index (χ4n) is 0.641. The molecule has 0 amide bonds. The maximum Gasteiger partial charge on any atom is 0.277 e. The lowest BCUT2D eigenvalue weighted by atomic mass is 10.1. The Balaban J connectivity index is 4.27. The van der Waals surface area contributed by atoms with Crippen LogP contribution in [0.4, 0.5) is 0 Å². The Morgan fingerprint density at radius 1 is 1.10 bits per heavy atom. The molecule has 0 radical (unpaired) electrons. The fraction of sp³-hybridized carbons (Fsp3) is 0.750. The molecule has 0 atom stereocenters. The Hall–Kier alpha value is -0.660. The molecule has 0 aromatic carbocycles. The van der Waals surface area contributed by atoms with Gasteiger partial charge in [-0.25, -0.2) is 0 Å². The van der Waals surface area contributed by atoms with Crippen LogP contribution in [-0.4, -0.2) is 14.2 Å². The summed E-state index contributed by atoms with van der Waals surface area (Å²) in [4.78, 5) is 0. The van der Waals surface area contributed by atoms with Crippen molar-refractivity contribution in [2.45, 2.75) is 20.8 Å². The van der Waals surface area contributed by atoms with Crippen molar-refractivity contribution < 1.29 is 9.47 Å². The lowest BCUT2D eigenvalue weighted by Crippen LogP contribution is -1.99. The van der Waals surface area contributed by atoms with E-state index >= 15 is 0 Å². The first kappa shape index (κ1) is 9.34. The van der Waals surface area contributed by atoms with Gasteiger partial charge in [0, 0.05) is 5.57 Å². The minimum Gasteiger partial charge on any atom is -0.469 e. The number of rotatable bonds is 3. The summed E-state index contributed by atoms with van der Waals surface area (Å²) in [6.45, 7) is 6.22. The second kappa shape index (κ2) is 4.20. The first-order chi connectivity index (χ1) is 4.63. The normalized spacial score (nSPS) is 9.40. The van der Waals surface area contributed by atoms with Crippen molar-refractivity contribution in [3.8, 4) is 0 Å². The maximum atomic E-state index is 4.98. The second-order valence-electron chi connectivity index (χ2n) is 2.53. The van der Waals surface area contributed by atoms with Crippen molar-refractivity contribution >= 4 is 0 Å². The predicted molar refractivity (Wildman–Crippen MR) is 41.6 cm³/mol. The molecule has 0 aliphatic rings. The molecular formula is C8H16O2. The van der Waals surface area contributed by atoms with Gasteiger partial charge in [-0.3, -0.25) is 0 Å². The summed E-state index contributed by atoms with van der Waals surface area (Å²) < 4.78 is 9.96. The van der Waals surface area contributed by atoms with Crippen molar-refractivity contribution in [1.29, 1.82) is 0 Å². The van der Waals surface area contributed by atoms with Gasteiger partial charge in [0.15, 0.2) is 0 Å². The van der Waals surface area contributed by atoms with Gasteiger partial charge >= 0.3 is 0 Å². The molecular weight excluding hydrogens is 128 g/mol. The molecule has 2 heteroatoms. The first-order valence-corrected chi connectivity index (χ1v) is 3.42. The summed E-state index contributed by atoms with van der Waals surface area (Å²) in [5.74, 6) is 1.12. The van der Waals surface area contributed by atoms with Crippen molar-refractivity contribution in [1.82, 2.24) is 0 Å². The van der Waals surface area contributed by atoms with Gasteiger partial charge < -0.3 is 9.47 Å². The molecule has 0 rings (SSSR count). The van der Waals surface area contributed by atoms with Gasteiger partial charge in [-0.1, -0.05) is 13.8 Å². The van der Waals surface area contributed by atoms with Gasteiger partial charge in [0.1, 0.15) is 0 Å². The zero-order chi connectivity index (χ0) is 8.15. The molecule has 0 saturated carbocycles.